The minimum absolute atomic E-state index is 0.542. The van der Waals surface area contributed by atoms with Crippen molar-refractivity contribution in [3.05, 3.63) is 0 Å². The molecule has 0 aliphatic heterocycles. The van der Waals surface area contributed by atoms with Crippen LogP contribution < -0.4 is 5.73 Å². The molecule has 0 atom stereocenters. The molecule has 7 heavy (non-hydrogen) atoms. The smallest absolute Gasteiger partial charge is 0.325 e. The highest BCUT2D eigenvalue weighted by Gasteiger charge is 1.98. The summed E-state index contributed by atoms with van der Waals surface area (Å²) in [6.07, 6.45) is 0. The molecule has 0 fully saturated rings. The Labute approximate surface area is 50.4 Å². The molecule has 0 bridgehead atoms. The van der Waals surface area contributed by atoms with E-state index in [1.165, 1.54) is 7.05 Å². The summed E-state index contributed by atoms with van der Waals surface area (Å²) in [7, 11) is 6.57. The molecular weight excluding hydrogens is 136 g/mol. The Morgan fingerprint density at radius 2 is 2.43 bits per heavy atom. The molecule has 0 spiro atoms. The Bertz CT molecular complexity index is 78.1. The van der Waals surface area contributed by atoms with Crippen molar-refractivity contribution in [3.8, 4) is 0 Å². The third-order valence-corrected chi connectivity index (χ3v) is 1.42. The zero-order chi connectivity index (χ0) is 5.86. The van der Waals surface area contributed by atoms with Crippen molar-refractivity contribution in [2.24, 2.45) is 5.73 Å². The second-order valence-corrected chi connectivity index (χ2v) is 2.00. The summed E-state index contributed by atoms with van der Waals surface area (Å²) in [6.45, 7) is 0. The maximum atomic E-state index is 9.97. The fourth-order valence-corrected chi connectivity index (χ4v) is 0.306. The first-order chi connectivity index (χ1) is 3.18. The van der Waals surface area contributed by atoms with Crippen molar-refractivity contribution in [1.29, 1.82) is 0 Å². The predicted octanol–water partition coefficient (Wildman–Crippen LogP) is 0.799. The number of carbonyl (C=O) groups is 1. The fraction of sp³-hybridized carbons (Fsp3) is 0.500. The molecule has 0 radical (unpaired) electrons. The van der Waals surface area contributed by atoms with Gasteiger partial charge in [0.15, 0.2) is 0 Å². The summed E-state index contributed by atoms with van der Waals surface area (Å²) >= 11 is 0.764. The van der Waals surface area contributed by atoms with Gasteiger partial charge in [-0.25, -0.2) is 4.79 Å². The number of carbonyl (C=O) groups excluding carboxylic acids is 1. The van der Waals surface area contributed by atoms with Gasteiger partial charge >= 0.3 is 6.03 Å². The van der Waals surface area contributed by atoms with Gasteiger partial charge in [-0.15, -0.1) is 0 Å². The minimum Gasteiger partial charge on any atom is -0.351 e. The molecule has 0 unspecified atom stereocenters. The fourth-order valence-electron chi connectivity index (χ4n) is 0.0340. The molecule has 0 aromatic heterocycles. The van der Waals surface area contributed by atoms with Crippen LogP contribution in [0.2, 0.25) is 0 Å². The van der Waals surface area contributed by atoms with E-state index in [1.807, 2.05) is 0 Å². The van der Waals surface area contributed by atoms with E-state index in [0.717, 1.165) is 15.5 Å². The van der Waals surface area contributed by atoms with E-state index in [0.29, 0.717) is 0 Å². The van der Waals surface area contributed by atoms with Crippen LogP contribution in [0.3, 0.4) is 0 Å². The number of hydrogen-bond acceptors (Lipinski definition) is 2. The summed E-state index contributed by atoms with van der Waals surface area (Å²) in [5.41, 5.74) is 4.73. The number of urea groups is 1. The number of hydrogen-bond donors (Lipinski definition) is 1. The first-order valence-corrected chi connectivity index (χ1v) is 3.10. The summed E-state index contributed by atoms with van der Waals surface area (Å²) in [5.74, 6) is 0. The highest BCUT2D eigenvalue weighted by Crippen LogP contribution is 2.09. The van der Waals surface area contributed by atoms with Crippen molar-refractivity contribution in [3.63, 3.8) is 0 Å². The van der Waals surface area contributed by atoms with E-state index in [9.17, 15) is 4.79 Å². The Balaban J connectivity index is 3.34. The summed E-state index contributed by atoms with van der Waals surface area (Å²) in [6, 6.07) is -0.542. The predicted molar refractivity (Wildman–Crippen MR) is 30.8 cm³/mol. The maximum Gasteiger partial charge on any atom is 0.325 e. The summed E-state index contributed by atoms with van der Waals surface area (Å²) < 4.78 is 1.11. The molecule has 5 heteroatoms. The van der Waals surface area contributed by atoms with Crippen LogP contribution in [0.5, 0.6) is 0 Å². The van der Waals surface area contributed by atoms with E-state index in [1.54, 1.807) is 0 Å². The molecule has 3 nitrogen and oxygen atoms in total. The van der Waals surface area contributed by atoms with Crippen molar-refractivity contribution in [2.45, 2.75) is 0 Å². The number of primary amides is 1. The Morgan fingerprint density at radius 3 is 2.43 bits per heavy atom. The van der Waals surface area contributed by atoms with Gasteiger partial charge in [0.2, 0.25) is 0 Å². The molecule has 42 valence electrons. The first kappa shape index (κ1) is 6.91. The first-order valence-electron chi connectivity index (χ1n) is 1.50. The van der Waals surface area contributed by atoms with Gasteiger partial charge in [0.05, 0.1) is 11.2 Å². The van der Waals surface area contributed by atoms with Crippen molar-refractivity contribution < 1.29 is 4.79 Å². The lowest BCUT2D eigenvalue weighted by Gasteiger charge is -2.04. The van der Waals surface area contributed by atoms with Crippen molar-refractivity contribution >= 4 is 27.9 Å². The van der Waals surface area contributed by atoms with Crippen LogP contribution in [0.4, 0.5) is 4.79 Å². The Morgan fingerprint density at radius 1 is 2.00 bits per heavy atom. The van der Waals surface area contributed by atoms with Gasteiger partial charge in [-0.3, -0.25) is 4.31 Å². The van der Waals surface area contributed by atoms with E-state index in [4.69, 9.17) is 16.4 Å². The van der Waals surface area contributed by atoms with Crippen LogP contribution in [-0.2, 0) is 0 Å². The van der Waals surface area contributed by atoms with Crippen LogP contribution in [0.25, 0.3) is 0 Å². The standard InChI is InChI=1S/C2H5ClN2OS/c1-5(7-3)2(4)6/h1H3,(H2,4,6). The molecule has 0 aliphatic rings. The second kappa shape index (κ2) is 2.98. The van der Waals surface area contributed by atoms with Gasteiger partial charge in [-0.05, 0) is 10.7 Å². The normalized spacial score (nSPS) is 8.29. The molecule has 0 saturated heterocycles. The van der Waals surface area contributed by atoms with Crippen LogP contribution in [0.15, 0.2) is 0 Å². The largest absolute Gasteiger partial charge is 0.351 e. The molecular formula is C2H5ClN2OS. The van der Waals surface area contributed by atoms with Crippen molar-refractivity contribution in [2.75, 3.05) is 7.05 Å². The maximum absolute atomic E-state index is 9.97. The summed E-state index contributed by atoms with van der Waals surface area (Å²) in [4.78, 5) is 9.97. The molecule has 0 rings (SSSR count). The lowest BCUT2D eigenvalue weighted by molar-refractivity contribution is 0.239. The third kappa shape index (κ3) is 2.59. The molecule has 0 aromatic rings. The molecule has 0 saturated carbocycles. The van der Waals surface area contributed by atoms with Gasteiger partial charge < -0.3 is 5.73 Å². The number of halogens is 1. The minimum atomic E-state index is -0.542. The topological polar surface area (TPSA) is 46.3 Å². The number of nitrogens with zero attached hydrogens (tertiary/aromatic N) is 1. The highest BCUT2D eigenvalue weighted by molar-refractivity contribution is 8.19. The molecule has 0 aliphatic carbocycles. The molecule has 0 heterocycles. The van der Waals surface area contributed by atoms with Gasteiger partial charge in [0, 0.05) is 7.05 Å². The number of nitrogens with two attached hydrogens (primary N) is 1. The van der Waals surface area contributed by atoms with Crippen LogP contribution in [0, 0.1) is 0 Å². The number of rotatable bonds is 1. The molecule has 2 amide bonds. The highest BCUT2D eigenvalue weighted by atomic mass is 35.7. The van der Waals surface area contributed by atoms with E-state index < -0.39 is 6.03 Å². The zero-order valence-corrected chi connectivity index (χ0v) is 5.29. The average Bonchev–Trinajstić information content (AvgIpc) is 1.65. The quantitative estimate of drug-likeness (QED) is 0.548. The van der Waals surface area contributed by atoms with Gasteiger partial charge in [0.25, 0.3) is 0 Å². The van der Waals surface area contributed by atoms with E-state index in [2.05, 4.69) is 0 Å². The third-order valence-electron chi connectivity index (χ3n) is 0.414. The van der Waals surface area contributed by atoms with Crippen LogP contribution in [-0.4, -0.2) is 17.4 Å². The Kier molecular flexibility index (Phi) is 2.95. The van der Waals surface area contributed by atoms with Gasteiger partial charge in [0.1, 0.15) is 0 Å². The summed E-state index contributed by atoms with van der Waals surface area (Å²) in [5, 5.41) is 0. The SMILES string of the molecule is CN(SCl)C(N)=O. The second-order valence-electron chi connectivity index (χ2n) is 0.905. The van der Waals surface area contributed by atoms with Gasteiger partial charge in [-0.2, -0.15) is 0 Å². The zero-order valence-electron chi connectivity index (χ0n) is 3.72. The van der Waals surface area contributed by atoms with Crippen LogP contribution in [0.1, 0.15) is 0 Å². The van der Waals surface area contributed by atoms with Gasteiger partial charge in [-0.1, -0.05) is 0 Å². The van der Waals surface area contributed by atoms with Crippen molar-refractivity contribution in [1.82, 2.24) is 4.31 Å². The molecule has 0 aromatic carbocycles. The monoisotopic (exact) mass is 140 g/mol. The molecule has 2 N–H and O–H groups in total. The lowest BCUT2D eigenvalue weighted by Crippen LogP contribution is -2.24. The number of amides is 2. The average molecular weight is 141 g/mol. The van der Waals surface area contributed by atoms with Crippen LogP contribution >= 0.6 is 21.8 Å². The van der Waals surface area contributed by atoms with E-state index >= 15 is 0 Å². The van der Waals surface area contributed by atoms with E-state index in [-0.39, 0.29) is 0 Å². The lowest BCUT2D eigenvalue weighted by atomic mass is 11.0. The Hall–Kier alpha value is -0.0900.